The van der Waals surface area contributed by atoms with Crippen LogP contribution in [0.15, 0.2) is 36.4 Å². The van der Waals surface area contributed by atoms with Crippen LogP contribution in [0.1, 0.15) is 11.1 Å². The van der Waals surface area contributed by atoms with Gasteiger partial charge in [0, 0.05) is 11.6 Å². The van der Waals surface area contributed by atoms with Crippen molar-refractivity contribution in [1.82, 2.24) is 0 Å². The van der Waals surface area contributed by atoms with Crippen LogP contribution in [-0.2, 0) is 6.61 Å². The first-order valence-electron chi connectivity index (χ1n) is 5.46. The van der Waals surface area contributed by atoms with E-state index in [-0.39, 0.29) is 18.0 Å². The van der Waals surface area contributed by atoms with Gasteiger partial charge < -0.3 is 10.5 Å². The largest absolute Gasteiger partial charge is 0.487 e. The Bertz CT molecular complexity index is 650. The highest BCUT2D eigenvalue weighted by Gasteiger charge is 2.07. The molecule has 0 unspecified atom stereocenters. The highest BCUT2D eigenvalue weighted by atomic mass is 19.1. The minimum Gasteiger partial charge on any atom is -0.487 e. The normalized spacial score (nSPS) is 9.95. The molecular weight excluding hydrogens is 250 g/mol. The van der Waals surface area contributed by atoms with E-state index in [1.165, 1.54) is 30.3 Å². The average Bonchev–Trinajstić information content (AvgIpc) is 2.40. The lowest BCUT2D eigenvalue weighted by Crippen LogP contribution is -2.01. The van der Waals surface area contributed by atoms with Crippen molar-refractivity contribution < 1.29 is 13.5 Å². The van der Waals surface area contributed by atoms with Crippen LogP contribution in [0.2, 0.25) is 0 Å². The van der Waals surface area contributed by atoms with Crippen molar-refractivity contribution in [3.05, 3.63) is 59.2 Å². The Balaban J connectivity index is 2.21. The molecule has 0 radical (unpaired) electrons. The zero-order valence-corrected chi connectivity index (χ0v) is 9.86. The first kappa shape index (κ1) is 12.8. The SMILES string of the molecule is N#Cc1ccc(F)cc1COc1cc(F)ccc1N. The summed E-state index contributed by atoms with van der Waals surface area (Å²) in [6, 6.07) is 9.42. The van der Waals surface area contributed by atoms with E-state index in [1.807, 2.05) is 6.07 Å². The van der Waals surface area contributed by atoms with Gasteiger partial charge in [-0.15, -0.1) is 0 Å². The van der Waals surface area contributed by atoms with E-state index in [1.54, 1.807) is 0 Å². The summed E-state index contributed by atoms with van der Waals surface area (Å²) < 4.78 is 31.5. The molecule has 2 rings (SSSR count). The molecule has 0 aromatic heterocycles. The molecule has 2 aromatic rings. The third-order valence-electron chi connectivity index (χ3n) is 2.55. The van der Waals surface area contributed by atoms with Crippen molar-refractivity contribution in [1.29, 1.82) is 5.26 Å². The molecule has 3 nitrogen and oxygen atoms in total. The monoisotopic (exact) mass is 260 g/mol. The molecule has 0 bridgehead atoms. The summed E-state index contributed by atoms with van der Waals surface area (Å²) in [7, 11) is 0. The van der Waals surface area contributed by atoms with Gasteiger partial charge in [0.15, 0.2) is 0 Å². The molecule has 0 saturated carbocycles. The number of hydrogen-bond acceptors (Lipinski definition) is 3. The summed E-state index contributed by atoms with van der Waals surface area (Å²) in [5.74, 6) is -0.790. The van der Waals surface area contributed by atoms with E-state index in [0.29, 0.717) is 11.1 Å². The molecule has 96 valence electrons. The summed E-state index contributed by atoms with van der Waals surface area (Å²) in [5, 5.41) is 8.89. The summed E-state index contributed by atoms with van der Waals surface area (Å²) in [6.45, 7) is -0.0612. The van der Waals surface area contributed by atoms with E-state index in [0.717, 1.165) is 6.07 Å². The van der Waals surface area contributed by atoms with E-state index in [9.17, 15) is 8.78 Å². The summed E-state index contributed by atoms with van der Waals surface area (Å²) in [5.41, 5.74) is 6.58. The molecule has 0 saturated heterocycles. The van der Waals surface area contributed by atoms with Crippen LogP contribution < -0.4 is 10.5 Å². The van der Waals surface area contributed by atoms with Crippen LogP contribution in [-0.4, -0.2) is 0 Å². The van der Waals surface area contributed by atoms with E-state index >= 15 is 0 Å². The zero-order chi connectivity index (χ0) is 13.8. The lowest BCUT2D eigenvalue weighted by molar-refractivity contribution is 0.305. The van der Waals surface area contributed by atoms with E-state index in [4.69, 9.17) is 15.7 Å². The first-order valence-corrected chi connectivity index (χ1v) is 5.46. The number of ether oxygens (including phenoxy) is 1. The highest BCUT2D eigenvalue weighted by Crippen LogP contribution is 2.23. The molecule has 2 N–H and O–H groups in total. The summed E-state index contributed by atoms with van der Waals surface area (Å²) in [4.78, 5) is 0. The Morgan fingerprint density at radius 1 is 1.11 bits per heavy atom. The number of halogens is 2. The lowest BCUT2D eigenvalue weighted by Gasteiger charge is -2.10. The molecular formula is C14H10F2N2O. The van der Waals surface area contributed by atoms with Crippen molar-refractivity contribution in [2.24, 2.45) is 0 Å². The third-order valence-corrected chi connectivity index (χ3v) is 2.55. The van der Waals surface area contributed by atoms with Gasteiger partial charge >= 0.3 is 0 Å². The third kappa shape index (κ3) is 2.99. The topological polar surface area (TPSA) is 59.0 Å². The van der Waals surface area contributed by atoms with Gasteiger partial charge in [-0.3, -0.25) is 0 Å². The zero-order valence-electron chi connectivity index (χ0n) is 9.86. The Morgan fingerprint density at radius 3 is 2.53 bits per heavy atom. The molecule has 19 heavy (non-hydrogen) atoms. The van der Waals surface area contributed by atoms with Crippen molar-refractivity contribution in [3.8, 4) is 11.8 Å². The molecule has 5 heteroatoms. The van der Waals surface area contributed by atoms with Crippen LogP contribution in [0.25, 0.3) is 0 Å². The van der Waals surface area contributed by atoms with Gasteiger partial charge in [0.2, 0.25) is 0 Å². The molecule has 2 aromatic carbocycles. The number of hydrogen-bond donors (Lipinski definition) is 1. The van der Waals surface area contributed by atoms with Crippen LogP contribution >= 0.6 is 0 Å². The van der Waals surface area contributed by atoms with Crippen molar-refractivity contribution >= 4 is 5.69 Å². The number of nitrogens with zero attached hydrogens (tertiary/aromatic N) is 1. The maximum atomic E-state index is 13.1. The van der Waals surface area contributed by atoms with Gasteiger partial charge in [-0.1, -0.05) is 0 Å². The maximum absolute atomic E-state index is 13.1. The second-order valence-corrected chi connectivity index (χ2v) is 3.88. The number of rotatable bonds is 3. The van der Waals surface area contributed by atoms with Crippen molar-refractivity contribution in [3.63, 3.8) is 0 Å². The van der Waals surface area contributed by atoms with Gasteiger partial charge in [0.05, 0.1) is 17.3 Å². The smallest absolute Gasteiger partial charge is 0.145 e. The van der Waals surface area contributed by atoms with Crippen LogP contribution in [0.3, 0.4) is 0 Å². The molecule has 0 spiro atoms. The van der Waals surface area contributed by atoms with Gasteiger partial charge in [-0.25, -0.2) is 8.78 Å². The Morgan fingerprint density at radius 2 is 1.79 bits per heavy atom. The Hall–Kier alpha value is -2.61. The van der Waals surface area contributed by atoms with Gasteiger partial charge in [-0.2, -0.15) is 5.26 Å². The number of nitrogens with two attached hydrogens (primary N) is 1. The quantitative estimate of drug-likeness (QED) is 0.863. The second kappa shape index (κ2) is 5.36. The molecule has 0 atom stereocenters. The lowest BCUT2D eigenvalue weighted by atomic mass is 10.1. The Kier molecular flexibility index (Phi) is 3.62. The number of anilines is 1. The number of nitriles is 1. The predicted octanol–water partition coefficient (Wildman–Crippen LogP) is 3.00. The van der Waals surface area contributed by atoms with E-state index < -0.39 is 11.6 Å². The molecule has 0 aliphatic carbocycles. The average molecular weight is 260 g/mol. The summed E-state index contributed by atoms with van der Waals surface area (Å²) >= 11 is 0. The van der Waals surface area contributed by atoms with E-state index in [2.05, 4.69) is 0 Å². The molecule has 0 fully saturated rings. The Labute approximate surface area is 108 Å². The van der Waals surface area contributed by atoms with Crippen LogP contribution in [0.5, 0.6) is 5.75 Å². The highest BCUT2D eigenvalue weighted by molar-refractivity contribution is 5.52. The molecule has 0 aliphatic heterocycles. The number of nitrogen functional groups attached to an aromatic ring is 1. The van der Waals surface area contributed by atoms with Gasteiger partial charge in [-0.05, 0) is 30.3 Å². The fraction of sp³-hybridized carbons (Fsp3) is 0.0714. The van der Waals surface area contributed by atoms with Crippen LogP contribution in [0.4, 0.5) is 14.5 Å². The van der Waals surface area contributed by atoms with Gasteiger partial charge in [0.1, 0.15) is 24.0 Å². The van der Waals surface area contributed by atoms with Gasteiger partial charge in [0.25, 0.3) is 0 Å². The van der Waals surface area contributed by atoms with Crippen LogP contribution in [0, 0.1) is 23.0 Å². The molecule has 0 aliphatic rings. The maximum Gasteiger partial charge on any atom is 0.145 e. The minimum absolute atomic E-state index is 0.0612. The first-order chi connectivity index (χ1) is 9.10. The molecule has 0 heterocycles. The fourth-order valence-electron chi connectivity index (χ4n) is 1.58. The minimum atomic E-state index is -0.482. The number of benzene rings is 2. The second-order valence-electron chi connectivity index (χ2n) is 3.88. The predicted molar refractivity (Wildman–Crippen MR) is 66.3 cm³/mol. The molecule has 0 amide bonds. The van der Waals surface area contributed by atoms with Crippen molar-refractivity contribution in [2.45, 2.75) is 6.61 Å². The summed E-state index contributed by atoms with van der Waals surface area (Å²) in [6.07, 6.45) is 0. The van der Waals surface area contributed by atoms with Crippen molar-refractivity contribution in [2.75, 3.05) is 5.73 Å². The fourth-order valence-corrected chi connectivity index (χ4v) is 1.58. The standard InChI is InChI=1S/C14H10F2N2O/c15-11-2-1-9(7-17)10(5-11)8-19-14-6-12(16)3-4-13(14)18/h1-6H,8,18H2.